The third kappa shape index (κ3) is 6.73. The van der Waals surface area contributed by atoms with Crippen molar-refractivity contribution in [2.45, 2.75) is 25.2 Å². The Labute approximate surface area is 175 Å². The summed E-state index contributed by atoms with van der Waals surface area (Å²) in [7, 11) is 1.27. The second-order valence-corrected chi connectivity index (χ2v) is 6.94. The number of esters is 1. The minimum Gasteiger partial charge on any atom is -0.468 e. The molecule has 0 saturated carbocycles. The number of nitrogen functional groups attached to an aromatic ring is 2. The molecule has 8 heteroatoms. The smallest absolute Gasteiger partial charge is 0.325 e. The Kier molecular flexibility index (Phi) is 8.10. The molecule has 0 bridgehead atoms. The van der Waals surface area contributed by atoms with Crippen LogP contribution in [0.3, 0.4) is 0 Å². The molecule has 2 aromatic rings. The second kappa shape index (κ2) is 10.8. The number of amides is 1. The lowest BCUT2D eigenvalue weighted by Gasteiger charge is -2.18. The van der Waals surface area contributed by atoms with Crippen molar-refractivity contribution >= 4 is 23.5 Å². The van der Waals surface area contributed by atoms with Gasteiger partial charge in [0, 0.05) is 17.5 Å². The molecule has 0 spiro atoms. The normalized spacial score (nSPS) is 11.4. The van der Waals surface area contributed by atoms with Crippen molar-refractivity contribution in [2.75, 3.05) is 13.7 Å². The highest BCUT2D eigenvalue weighted by Crippen LogP contribution is 2.26. The number of hydrogen-bond donors (Lipinski definition) is 5. The van der Waals surface area contributed by atoms with E-state index in [1.54, 1.807) is 18.2 Å². The molecule has 0 saturated heterocycles. The average molecular weight is 409 g/mol. The van der Waals surface area contributed by atoms with Gasteiger partial charge in [-0.3, -0.25) is 20.4 Å². The molecule has 158 valence electrons. The van der Waals surface area contributed by atoms with Crippen LogP contribution in [0.15, 0.2) is 48.5 Å². The first-order chi connectivity index (χ1) is 14.3. The highest BCUT2D eigenvalue weighted by atomic mass is 16.5. The second-order valence-electron chi connectivity index (χ2n) is 6.94. The molecule has 0 radical (unpaired) electrons. The fourth-order valence-corrected chi connectivity index (χ4v) is 3.08. The van der Waals surface area contributed by atoms with Crippen LogP contribution in [0.4, 0.5) is 0 Å². The molecular weight excluding hydrogens is 382 g/mol. The molecule has 1 atom stereocenters. The van der Waals surface area contributed by atoms with E-state index in [1.165, 1.54) is 7.11 Å². The van der Waals surface area contributed by atoms with E-state index in [4.69, 9.17) is 22.3 Å². The number of ether oxygens (including phenoxy) is 1. The van der Waals surface area contributed by atoms with Crippen LogP contribution >= 0.6 is 0 Å². The Balaban J connectivity index is 2.14. The Morgan fingerprint density at radius 2 is 1.70 bits per heavy atom. The number of methoxy groups -OCH3 is 1. The predicted molar refractivity (Wildman–Crippen MR) is 116 cm³/mol. The van der Waals surface area contributed by atoms with Gasteiger partial charge in [-0.05, 0) is 36.0 Å². The number of amidine groups is 2. The molecule has 2 rings (SSSR count). The zero-order chi connectivity index (χ0) is 22.1. The molecule has 30 heavy (non-hydrogen) atoms. The molecule has 2 aromatic carbocycles. The third-order valence-corrected chi connectivity index (χ3v) is 4.80. The van der Waals surface area contributed by atoms with Crippen molar-refractivity contribution in [3.05, 3.63) is 70.8 Å². The van der Waals surface area contributed by atoms with Gasteiger partial charge in [-0.15, -0.1) is 0 Å². The Morgan fingerprint density at radius 1 is 1.03 bits per heavy atom. The van der Waals surface area contributed by atoms with Gasteiger partial charge in [-0.25, -0.2) is 0 Å². The van der Waals surface area contributed by atoms with Gasteiger partial charge >= 0.3 is 5.97 Å². The summed E-state index contributed by atoms with van der Waals surface area (Å²) in [6.45, 7) is -0.179. The highest BCUT2D eigenvalue weighted by molar-refractivity contribution is 5.95. The number of carbonyl (C=O) groups excluding carboxylic acids is 2. The van der Waals surface area contributed by atoms with Crippen LogP contribution in [0.2, 0.25) is 0 Å². The average Bonchev–Trinajstić information content (AvgIpc) is 2.75. The molecular formula is C22H27N5O3. The molecule has 7 N–H and O–H groups in total. The molecule has 0 aliphatic carbocycles. The standard InChI is InChI=1S/C22H27N5O3/c1-30-20(29)13-27-19(28)12-17(16-3-2-4-18(11-16)22(25)26)10-7-14-5-8-15(9-6-14)21(23)24/h2-6,8-9,11,17H,7,10,12-13H2,1H3,(H3,23,24)(H3,25,26)(H,27,28)/t17-/m0/s1. The lowest BCUT2D eigenvalue weighted by Crippen LogP contribution is -2.31. The lowest BCUT2D eigenvalue weighted by atomic mass is 9.88. The van der Waals surface area contributed by atoms with E-state index in [0.717, 1.165) is 11.1 Å². The minimum atomic E-state index is -0.510. The summed E-state index contributed by atoms with van der Waals surface area (Å²) in [5.74, 6) is -0.919. The quantitative estimate of drug-likeness (QED) is 0.229. The van der Waals surface area contributed by atoms with Crippen molar-refractivity contribution in [1.82, 2.24) is 5.32 Å². The van der Waals surface area contributed by atoms with Gasteiger partial charge in [0.25, 0.3) is 0 Å². The minimum absolute atomic E-state index is 0.0164. The number of benzene rings is 2. The van der Waals surface area contributed by atoms with E-state index in [1.807, 2.05) is 30.3 Å². The number of aryl methyl sites for hydroxylation is 1. The topological polar surface area (TPSA) is 155 Å². The van der Waals surface area contributed by atoms with Crippen molar-refractivity contribution in [3.8, 4) is 0 Å². The van der Waals surface area contributed by atoms with E-state index in [2.05, 4.69) is 10.1 Å². The SMILES string of the molecule is COC(=O)CNC(=O)C[C@H](CCc1ccc(C(=N)N)cc1)c1cccc(C(=N)N)c1. The van der Waals surface area contributed by atoms with E-state index in [9.17, 15) is 9.59 Å². The highest BCUT2D eigenvalue weighted by Gasteiger charge is 2.18. The Bertz CT molecular complexity index is 925. The number of carbonyl (C=O) groups is 2. The zero-order valence-corrected chi connectivity index (χ0v) is 16.9. The fraction of sp³-hybridized carbons (Fsp3) is 0.273. The van der Waals surface area contributed by atoms with Gasteiger partial charge in [0.15, 0.2) is 0 Å². The molecule has 0 fully saturated rings. The van der Waals surface area contributed by atoms with E-state index in [0.29, 0.717) is 24.0 Å². The van der Waals surface area contributed by atoms with Crippen LogP contribution in [-0.4, -0.2) is 37.2 Å². The largest absolute Gasteiger partial charge is 0.468 e. The Morgan fingerprint density at radius 3 is 2.30 bits per heavy atom. The van der Waals surface area contributed by atoms with Crippen LogP contribution in [0, 0.1) is 10.8 Å². The van der Waals surface area contributed by atoms with E-state index in [-0.39, 0.29) is 36.5 Å². The van der Waals surface area contributed by atoms with Crippen molar-refractivity contribution < 1.29 is 14.3 Å². The van der Waals surface area contributed by atoms with Crippen LogP contribution in [0.5, 0.6) is 0 Å². The van der Waals surface area contributed by atoms with E-state index >= 15 is 0 Å². The van der Waals surface area contributed by atoms with Crippen LogP contribution in [0.25, 0.3) is 0 Å². The maximum Gasteiger partial charge on any atom is 0.325 e. The monoisotopic (exact) mass is 409 g/mol. The van der Waals surface area contributed by atoms with Gasteiger partial charge in [-0.1, -0.05) is 42.5 Å². The third-order valence-electron chi connectivity index (χ3n) is 4.80. The summed E-state index contributed by atoms with van der Waals surface area (Å²) >= 11 is 0. The summed E-state index contributed by atoms with van der Waals surface area (Å²) in [5.41, 5.74) is 14.3. The van der Waals surface area contributed by atoms with Gasteiger partial charge in [0.1, 0.15) is 18.2 Å². The number of nitrogens with one attached hydrogen (secondary N) is 3. The summed E-state index contributed by atoms with van der Waals surface area (Å²) in [5, 5.41) is 17.7. The van der Waals surface area contributed by atoms with Gasteiger partial charge in [-0.2, -0.15) is 0 Å². The fourth-order valence-electron chi connectivity index (χ4n) is 3.08. The molecule has 0 aliphatic rings. The molecule has 0 aliphatic heterocycles. The van der Waals surface area contributed by atoms with Crippen LogP contribution in [-0.2, 0) is 20.7 Å². The van der Waals surface area contributed by atoms with E-state index < -0.39 is 5.97 Å². The lowest BCUT2D eigenvalue weighted by molar-refractivity contribution is -0.141. The summed E-state index contributed by atoms with van der Waals surface area (Å²) in [4.78, 5) is 23.7. The van der Waals surface area contributed by atoms with Crippen molar-refractivity contribution in [2.24, 2.45) is 11.5 Å². The first-order valence-corrected chi connectivity index (χ1v) is 9.51. The molecule has 0 unspecified atom stereocenters. The van der Waals surface area contributed by atoms with Crippen LogP contribution in [0.1, 0.15) is 41.0 Å². The van der Waals surface area contributed by atoms with Crippen molar-refractivity contribution in [3.63, 3.8) is 0 Å². The maximum absolute atomic E-state index is 12.4. The Hall–Kier alpha value is -3.68. The predicted octanol–water partition coefficient (Wildman–Crippen LogP) is 1.65. The van der Waals surface area contributed by atoms with Crippen molar-refractivity contribution in [1.29, 1.82) is 10.8 Å². The first-order valence-electron chi connectivity index (χ1n) is 9.51. The summed E-state index contributed by atoms with van der Waals surface area (Å²) in [6, 6.07) is 14.7. The number of nitrogens with two attached hydrogens (primary N) is 2. The maximum atomic E-state index is 12.4. The van der Waals surface area contributed by atoms with Gasteiger partial charge in [0.05, 0.1) is 7.11 Å². The molecule has 0 heterocycles. The summed E-state index contributed by atoms with van der Waals surface area (Å²) in [6.07, 6.45) is 1.56. The van der Waals surface area contributed by atoms with Gasteiger partial charge in [0.2, 0.25) is 5.91 Å². The molecule has 8 nitrogen and oxygen atoms in total. The van der Waals surface area contributed by atoms with Crippen LogP contribution < -0.4 is 16.8 Å². The summed E-state index contributed by atoms with van der Waals surface area (Å²) < 4.78 is 4.55. The first kappa shape index (κ1) is 22.6. The number of rotatable bonds is 10. The zero-order valence-electron chi connectivity index (χ0n) is 16.9. The molecule has 1 amide bonds. The van der Waals surface area contributed by atoms with Gasteiger partial charge < -0.3 is 21.5 Å². The molecule has 0 aromatic heterocycles. The number of hydrogen-bond acceptors (Lipinski definition) is 5.